The zero-order valence-corrected chi connectivity index (χ0v) is 18.1. The van der Waals surface area contributed by atoms with Gasteiger partial charge in [0.05, 0.1) is 24.5 Å². The van der Waals surface area contributed by atoms with Crippen molar-refractivity contribution in [3.8, 4) is 11.5 Å². The van der Waals surface area contributed by atoms with Crippen LogP contribution in [0.5, 0.6) is 11.5 Å². The van der Waals surface area contributed by atoms with Crippen molar-refractivity contribution >= 4 is 33.4 Å². The molecule has 156 valence electrons. The Bertz CT molecular complexity index is 1020. The summed E-state index contributed by atoms with van der Waals surface area (Å²) >= 11 is 3.42. The Morgan fingerprint density at radius 1 is 1.10 bits per heavy atom. The fourth-order valence-corrected chi connectivity index (χ4v) is 3.28. The third-order valence-electron chi connectivity index (χ3n) is 4.19. The van der Waals surface area contributed by atoms with Crippen LogP contribution in [0.2, 0.25) is 0 Å². The number of methoxy groups -OCH3 is 1. The third kappa shape index (κ3) is 5.21. The zero-order chi connectivity index (χ0) is 21.5. The number of ether oxygens (including phenoxy) is 2. The summed E-state index contributed by atoms with van der Waals surface area (Å²) in [7, 11) is 1.53. The molecule has 0 atom stereocenters. The Hall–Kier alpha value is -3.26. The highest BCUT2D eigenvalue weighted by molar-refractivity contribution is 9.10. The van der Waals surface area contributed by atoms with Crippen LogP contribution >= 0.6 is 15.9 Å². The number of rotatable bonds is 8. The van der Waals surface area contributed by atoms with E-state index in [1.54, 1.807) is 36.4 Å². The molecule has 3 rings (SSSR count). The second kappa shape index (κ2) is 9.98. The first-order valence-corrected chi connectivity index (χ1v) is 10.0. The Labute approximate surface area is 182 Å². The second-order valence-corrected chi connectivity index (χ2v) is 7.09. The quantitative estimate of drug-likeness (QED) is 0.498. The lowest BCUT2D eigenvalue weighted by Gasteiger charge is -2.13. The second-order valence-electron chi connectivity index (χ2n) is 6.23. The van der Waals surface area contributed by atoms with Crippen molar-refractivity contribution in [1.29, 1.82) is 0 Å². The van der Waals surface area contributed by atoms with Crippen molar-refractivity contribution in [3.05, 3.63) is 76.2 Å². The summed E-state index contributed by atoms with van der Waals surface area (Å²) < 4.78 is 16.6. The van der Waals surface area contributed by atoms with Gasteiger partial charge in [0.15, 0.2) is 17.3 Å². The molecule has 1 heterocycles. The first kappa shape index (κ1) is 21.4. The number of benzene rings is 2. The first-order chi connectivity index (χ1) is 14.5. The average Bonchev–Trinajstić information content (AvgIpc) is 3.29. The molecule has 0 spiro atoms. The van der Waals surface area contributed by atoms with Crippen LogP contribution in [0.1, 0.15) is 33.4 Å². The van der Waals surface area contributed by atoms with Crippen LogP contribution in [-0.2, 0) is 6.54 Å². The van der Waals surface area contributed by atoms with E-state index in [2.05, 4.69) is 26.6 Å². The SMILES string of the molecule is CCOc1c(Br)cc(C(=O)NCc2ccc(NC(=O)c3ccco3)cc2)cc1OC. The van der Waals surface area contributed by atoms with Crippen molar-refractivity contribution in [3.63, 3.8) is 0 Å². The van der Waals surface area contributed by atoms with E-state index < -0.39 is 0 Å². The van der Waals surface area contributed by atoms with E-state index in [1.165, 1.54) is 13.4 Å². The molecule has 2 N–H and O–H groups in total. The fraction of sp³-hybridized carbons (Fsp3) is 0.182. The minimum Gasteiger partial charge on any atom is -0.493 e. The number of carbonyl (C=O) groups excluding carboxylic acids is 2. The van der Waals surface area contributed by atoms with Crippen LogP contribution in [0.4, 0.5) is 5.69 Å². The standard InChI is InChI=1S/C22H21BrN2O5/c1-3-29-20-17(23)11-15(12-19(20)28-2)21(26)24-13-14-6-8-16(9-7-14)25-22(27)18-5-4-10-30-18/h4-12H,3,13H2,1-2H3,(H,24,26)(H,25,27). The molecule has 0 aliphatic heterocycles. The van der Waals surface area contributed by atoms with Crippen LogP contribution in [0.25, 0.3) is 0 Å². The number of anilines is 1. The highest BCUT2D eigenvalue weighted by Gasteiger charge is 2.15. The van der Waals surface area contributed by atoms with Crippen molar-refractivity contribution in [1.82, 2.24) is 5.32 Å². The van der Waals surface area contributed by atoms with Gasteiger partial charge in [-0.1, -0.05) is 12.1 Å². The summed E-state index contributed by atoms with van der Waals surface area (Å²) in [5.74, 6) is 0.711. The Morgan fingerprint density at radius 2 is 1.87 bits per heavy atom. The third-order valence-corrected chi connectivity index (χ3v) is 4.78. The van der Waals surface area contributed by atoms with E-state index in [0.717, 1.165) is 5.56 Å². The topological polar surface area (TPSA) is 89.8 Å². The maximum atomic E-state index is 12.6. The van der Waals surface area contributed by atoms with E-state index in [4.69, 9.17) is 13.9 Å². The van der Waals surface area contributed by atoms with Crippen LogP contribution in [0, 0.1) is 0 Å². The summed E-state index contributed by atoms with van der Waals surface area (Å²) in [6, 6.07) is 13.7. The normalized spacial score (nSPS) is 10.4. The smallest absolute Gasteiger partial charge is 0.291 e. The Morgan fingerprint density at radius 3 is 2.50 bits per heavy atom. The number of hydrogen-bond donors (Lipinski definition) is 2. The summed E-state index contributed by atoms with van der Waals surface area (Å²) in [4.78, 5) is 24.5. The van der Waals surface area contributed by atoms with E-state index in [0.29, 0.717) is 40.4 Å². The molecule has 0 unspecified atom stereocenters. The van der Waals surface area contributed by atoms with Gasteiger partial charge < -0.3 is 24.5 Å². The van der Waals surface area contributed by atoms with Gasteiger partial charge in [-0.05, 0) is 64.8 Å². The van der Waals surface area contributed by atoms with Gasteiger partial charge in [0.1, 0.15) is 0 Å². The largest absolute Gasteiger partial charge is 0.493 e. The maximum Gasteiger partial charge on any atom is 0.291 e. The molecule has 0 fully saturated rings. The molecule has 30 heavy (non-hydrogen) atoms. The van der Waals surface area contributed by atoms with Gasteiger partial charge in [0.2, 0.25) is 0 Å². The predicted molar refractivity (Wildman–Crippen MR) is 116 cm³/mol. The number of carbonyl (C=O) groups is 2. The molecule has 1 aromatic heterocycles. The lowest BCUT2D eigenvalue weighted by atomic mass is 10.1. The van der Waals surface area contributed by atoms with E-state index >= 15 is 0 Å². The van der Waals surface area contributed by atoms with Crippen LogP contribution in [-0.4, -0.2) is 25.5 Å². The zero-order valence-electron chi connectivity index (χ0n) is 16.5. The number of hydrogen-bond acceptors (Lipinski definition) is 5. The van der Waals surface area contributed by atoms with Gasteiger partial charge in [-0.25, -0.2) is 0 Å². The lowest BCUT2D eigenvalue weighted by Crippen LogP contribution is -2.23. The minimum absolute atomic E-state index is 0.239. The molecule has 2 amide bonds. The van der Waals surface area contributed by atoms with Gasteiger partial charge in [-0.3, -0.25) is 9.59 Å². The molecule has 2 aromatic carbocycles. The van der Waals surface area contributed by atoms with Gasteiger partial charge in [0, 0.05) is 17.8 Å². The summed E-state index contributed by atoms with van der Waals surface area (Å²) in [6.45, 7) is 2.69. The molecule has 0 aliphatic rings. The van der Waals surface area contributed by atoms with Gasteiger partial charge in [0.25, 0.3) is 11.8 Å². The van der Waals surface area contributed by atoms with Gasteiger partial charge in [-0.15, -0.1) is 0 Å². The maximum absolute atomic E-state index is 12.6. The van der Waals surface area contributed by atoms with Crippen LogP contribution < -0.4 is 20.1 Å². The first-order valence-electron chi connectivity index (χ1n) is 9.24. The monoisotopic (exact) mass is 472 g/mol. The predicted octanol–water partition coefficient (Wildman–Crippen LogP) is 4.63. The van der Waals surface area contributed by atoms with Crippen molar-refractivity contribution < 1.29 is 23.5 Å². The molecule has 0 bridgehead atoms. The molecular formula is C22H21BrN2O5. The van der Waals surface area contributed by atoms with Crippen molar-refractivity contribution in [2.24, 2.45) is 0 Å². The Balaban J connectivity index is 1.60. The summed E-state index contributed by atoms with van der Waals surface area (Å²) in [6.07, 6.45) is 1.44. The summed E-state index contributed by atoms with van der Waals surface area (Å²) in [5.41, 5.74) is 1.97. The number of furan rings is 1. The highest BCUT2D eigenvalue weighted by Crippen LogP contribution is 2.36. The lowest BCUT2D eigenvalue weighted by molar-refractivity contribution is 0.0949. The number of amides is 2. The van der Waals surface area contributed by atoms with Crippen LogP contribution in [0.15, 0.2) is 63.7 Å². The highest BCUT2D eigenvalue weighted by atomic mass is 79.9. The molecule has 8 heteroatoms. The molecule has 3 aromatic rings. The number of halogens is 1. The van der Waals surface area contributed by atoms with Gasteiger partial charge in [-0.2, -0.15) is 0 Å². The van der Waals surface area contributed by atoms with E-state index in [-0.39, 0.29) is 17.6 Å². The molecule has 7 nitrogen and oxygen atoms in total. The summed E-state index contributed by atoms with van der Waals surface area (Å²) in [5, 5.41) is 5.62. The Kier molecular flexibility index (Phi) is 7.13. The number of nitrogens with one attached hydrogen (secondary N) is 2. The molecular weight excluding hydrogens is 452 g/mol. The van der Waals surface area contributed by atoms with Crippen molar-refractivity contribution in [2.45, 2.75) is 13.5 Å². The molecule has 0 saturated carbocycles. The van der Waals surface area contributed by atoms with Gasteiger partial charge >= 0.3 is 0 Å². The molecule has 0 aliphatic carbocycles. The van der Waals surface area contributed by atoms with Crippen molar-refractivity contribution in [2.75, 3.05) is 19.0 Å². The minimum atomic E-state index is -0.323. The average molecular weight is 473 g/mol. The molecule has 0 saturated heterocycles. The fourth-order valence-electron chi connectivity index (χ4n) is 2.73. The van der Waals surface area contributed by atoms with E-state index in [1.807, 2.05) is 19.1 Å². The van der Waals surface area contributed by atoms with E-state index in [9.17, 15) is 9.59 Å². The van der Waals surface area contributed by atoms with Crippen LogP contribution in [0.3, 0.4) is 0 Å². The molecule has 0 radical (unpaired) electrons.